The SMILES string of the molecule is COC(=O)c1cc(N2CCC(CN3CC(C)OC(C)C3)CC2)cc(C)c1[N+](=O)[O-]. The smallest absolute Gasteiger partial charge is 0.344 e. The maximum atomic E-state index is 12.1. The number of carbonyl (C=O) groups excluding carboxylic acids is 1. The Labute approximate surface area is 171 Å². The normalized spacial score (nSPS) is 23.8. The standard InChI is InChI=1S/C21H31N3O5/c1-14-9-18(10-19(21(25)28-4)20(14)24(26)27)23-7-5-17(6-8-23)13-22-11-15(2)29-16(3)12-22/h9-10,15-17H,5-8,11-13H2,1-4H3. The van der Waals surface area contributed by atoms with Crippen LogP contribution in [0.25, 0.3) is 0 Å². The first-order valence-corrected chi connectivity index (χ1v) is 10.3. The number of hydrogen-bond donors (Lipinski definition) is 0. The summed E-state index contributed by atoms with van der Waals surface area (Å²) in [5.74, 6) is -0.0462. The molecule has 2 unspecified atom stereocenters. The second-order valence-electron chi connectivity index (χ2n) is 8.31. The highest BCUT2D eigenvalue weighted by molar-refractivity contribution is 5.95. The van der Waals surface area contributed by atoms with Crippen LogP contribution >= 0.6 is 0 Å². The molecule has 1 aromatic rings. The second kappa shape index (κ2) is 9.09. The monoisotopic (exact) mass is 405 g/mol. The van der Waals surface area contributed by atoms with Crippen LogP contribution in [0.15, 0.2) is 12.1 Å². The van der Waals surface area contributed by atoms with Crippen molar-refractivity contribution in [3.05, 3.63) is 33.4 Å². The van der Waals surface area contributed by atoms with Gasteiger partial charge in [0, 0.05) is 44.0 Å². The lowest BCUT2D eigenvalue weighted by Crippen LogP contribution is -2.48. The lowest BCUT2D eigenvalue weighted by molar-refractivity contribution is -0.385. The fraction of sp³-hybridized carbons (Fsp3) is 0.667. The average molecular weight is 405 g/mol. The molecule has 2 heterocycles. The molecule has 2 aliphatic heterocycles. The van der Waals surface area contributed by atoms with Gasteiger partial charge in [0.2, 0.25) is 0 Å². The topological polar surface area (TPSA) is 85.2 Å². The van der Waals surface area contributed by atoms with Crippen molar-refractivity contribution in [2.75, 3.05) is 44.7 Å². The molecule has 0 bridgehead atoms. The van der Waals surface area contributed by atoms with Crippen molar-refractivity contribution < 1.29 is 19.2 Å². The summed E-state index contributed by atoms with van der Waals surface area (Å²) in [4.78, 5) is 27.7. The third kappa shape index (κ3) is 5.05. The molecule has 0 saturated carbocycles. The van der Waals surface area contributed by atoms with E-state index < -0.39 is 10.9 Å². The van der Waals surface area contributed by atoms with Crippen LogP contribution in [0.1, 0.15) is 42.6 Å². The van der Waals surface area contributed by atoms with Crippen LogP contribution < -0.4 is 4.90 Å². The van der Waals surface area contributed by atoms with E-state index in [-0.39, 0.29) is 23.5 Å². The first-order chi connectivity index (χ1) is 13.8. The highest BCUT2D eigenvalue weighted by Crippen LogP contribution is 2.32. The molecule has 2 atom stereocenters. The van der Waals surface area contributed by atoms with Gasteiger partial charge in [-0.3, -0.25) is 15.0 Å². The van der Waals surface area contributed by atoms with Gasteiger partial charge in [0.05, 0.1) is 24.2 Å². The molecule has 8 heteroatoms. The molecule has 160 valence electrons. The Kier molecular flexibility index (Phi) is 6.74. The number of nitro benzene ring substituents is 1. The molecule has 0 spiro atoms. The lowest BCUT2D eigenvalue weighted by Gasteiger charge is -2.40. The van der Waals surface area contributed by atoms with Gasteiger partial charge >= 0.3 is 5.97 Å². The van der Waals surface area contributed by atoms with E-state index in [4.69, 9.17) is 9.47 Å². The number of esters is 1. The molecule has 2 fully saturated rings. The number of methoxy groups -OCH3 is 1. The number of ether oxygens (including phenoxy) is 2. The Morgan fingerprint density at radius 2 is 1.86 bits per heavy atom. The van der Waals surface area contributed by atoms with Crippen molar-refractivity contribution >= 4 is 17.3 Å². The molecule has 3 rings (SSSR count). The number of piperidine rings is 1. The highest BCUT2D eigenvalue weighted by atomic mass is 16.6. The van der Waals surface area contributed by atoms with Gasteiger partial charge in [-0.2, -0.15) is 0 Å². The number of anilines is 1. The summed E-state index contributed by atoms with van der Waals surface area (Å²) in [6.07, 6.45) is 2.67. The zero-order valence-corrected chi connectivity index (χ0v) is 17.7. The van der Waals surface area contributed by atoms with Gasteiger partial charge in [0.15, 0.2) is 0 Å². The molecule has 1 aromatic carbocycles. The molecule has 0 aromatic heterocycles. The Hall–Kier alpha value is -2.19. The van der Waals surface area contributed by atoms with Crippen molar-refractivity contribution in [1.82, 2.24) is 4.90 Å². The number of benzene rings is 1. The maximum Gasteiger partial charge on any atom is 0.344 e. The van der Waals surface area contributed by atoms with Crippen LogP contribution in [0, 0.1) is 23.0 Å². The lowest BCUT2D eigenvalue weighted by atomic mass is 9.94. The van der Waals surface area contributed by atoms with Gasteiger partial charge < -0.3 is 14.4 Å². The predicted molar refractivity (Wildman–Crippen MR) is 111 cm³/mol. The van der Waals surface area contributed by atoms with Crippen LogP contribution in [0.2, 0.25) is 0 Å². The van der Waals surface area contributed by atoms with Gasteiger partial charge in [0.1, 0.15) is 5.56 Å². The molecular weight excluding hydrogens is 374 g/mol. The molecule has 29 heavy (non-hydrogen) atoms. The number of aryl methyl sites for hydroxylation is 1. The van der Waals surface area contributed by atoms with Gasteiger partial charge in [-0.05, 0) is 51.7 Å². The molecule has 2 saturated heterocycles. The van der Waals surface area contributed by atoms with Gasteiger partial charge in [-0.25, -0.2) is 4.79 Å². The number of hydrogen-bond acceptors (Lipinski definition) is 7. The highest BCUT2D eigenvalue weighted by Gasteiger charge is 2.29. The average Bonchev–Trinajstić information content (AvgIpc) is 2.66. The van der Waals surface area contributed by atoms with Crippen LogP contribution in [-0.2, 0) is 9.47 Å². The Balaban J connectivity index is 1.67. The minimum absolute atomic E-state index is 0.0194. The number of nitro groups is 1. The zero-order chi connectivity index (χ0) is 21.1. The summed E-state index contributed by atoms with van der Waals surface area (Å²) >= 11 is 0. The van der Waals surface area contributed by atoms with Gasteiger partial charge in [-0.15, -0.1) is 0 Å². The second-order valence-corrected chi connectivity index (χ2v) is 8.31. The molecular formula is C21H31N3O5. The van der Waals surface area contributed by atoms with E-state index in [9.17, 15) is 14.9 Å². The van der Waals surface area contributed by atoms with E-state index in [0.717, 1.165) is 51.3 Å². The Morgan fingerprint density at radius 3 is 2.41 bits per heavy atom. The summed E-state index contributed by atoms with van der Waals surface area (Å²) in [5.41, 5.74) is 1.17. The van der Waals surface area contributed by atoms with Gasteiger partial charge in [-0.1, -0.05) is 0 Å². The molecule has 0 amide bonds. The van der Waals surface area contributed by atoms with E-state index in [1.54, 1.807) is 19.1 Å². The fourth-order valence-electron chi connectivity index (χ4n) is 4.62. The van der Waals surface area contributed by atoms with E-state index in [1.165, 1.54) is 7.11 Å². The number of morpholine rings is 1. The van der Waals surface area contributed by atoms with Crippen molar-refractivity contribution in [2.24, 2.45) is 5.92 Å². The molecule has 2 aliphatic rings. The number of rotatable bonds is 5. The van der Waals surface area contributed by atoms with E-state index in [1.807, 2.05) is 0 Å². The minimum atomic E-state index is -0.674. The molecule has 0 radical (unpaired) electrons. The largest absolute Gasteiger partial charge is 0.465 e. The quantitative estimate of drug-likeness (QED) is 0.423. The first kappa shape index (κ1) is 21.5. The molecule has 0 aliphatic carbocycles. The predicted octanol–water partition coefficient (Wildman–Crippen LogP) is 3.02. The number of nitrogens with zero attached hydrogens (tertiary/aromatic N) is 3. The first-order valence-electron chi connectivity index (χ1n) is 10.3. The Morgan fingerprint density at radius 1 is 1.24 bits per heavy atom. The van der Waals surface area contributed by atoms with Crippen molar-refractivity contribution in [1.29, 1.82) is 0 Å². The summed E-state index contributed by atoms with van der Waals surface area (Å²) < 4.78 is 10.6. The van der Waals surface area contributed by atoms with Crippen LogP contribution in [0.5, 0.6) is 0 Å². The van der Waals surface area contributed by atoms with Gasteiger partial charge in [0.25, 0.3) is 5.69 Å². The molecule has 8 nitrogen and oxygen atoms in total. The van der Waals surface area contributed by atoms with Crippen LogP contribution in [0.4, 0.5) is 11.4 Å². The van der Waals surface area contributed by atoms with Crippen molar-refractivity contribution in [2.45, 2.75) is 45.8 Å². The third-order valence-corrected chi connectivity index (χ3v) is 5.86. The summed E-state index contributed by atoms with van der Waals surface area (Å²) in [7, 11) is 1.24. The molecule has 0 N–H and O–H groups in total. The van der Waals surface area contributed by atoms with Crippen LogP contribution in [-0.4, -0.2) is 67.8 Å². The minimum Gasteiger partial charge on any atom is -0.465 e. The van der Waals surface area contributed by atoms with E-state index >= 15 is 0 Å². The maximum absolute atomic E-state index is 12.1. The van der Waals surface area contributed by atoms with Crippen molar-refractivity contribution in [3.63, 3.8) is 0 Å². The fourth-order valence-corrected chi connectivity index (χ4v) is 4.62. The number of carbonyl (C=O) groups is 1. The summed E-state index contributed by atoms with van der Waals surface area (Å²) in [6.45, 7) is 10.7. The van der Waals surface area contributed by atoms with Crippen LogP contribution in [0.3, 0.4) is 0 Å². The Bertz CT molecular complexity index is 751. The van der Waals surface area contributed by atoms with E-state index in [0.29, 0.717) is 11.5 Å². The summed E-state index contributed by atoms with van der Waals surface area (Å²) in [5, 5.41) is 11.4. The third-order valence-electron chi connectivity index (χ3n) is 5.86. The summed E-state index contributed by atoms with van der Waals surface area (Å²) in [6, 6.07) is 3.40. The van der Waals surface area contributed by atoms with Crippen molar-refractivity contribution in [3.8, 4) is 0 Å². The van der Waals surface area contributed by atoms with E-state index in [2.05, 4.69) is 23.6 Å². The zero-order valence-electron chi connectivity index (χ0n) is 17.7.